The first-order valence-corrected chi connectivity index (χ1v) is 8.72. The first kappa shape index (κ1) is 19.7. The molecule has 2 aromatic carbocycles. The van der Waals surface area contributed by atoms with Crippen molar-refractivity contribution < 1.29 is 27.2 Å². The molecular formula is C20H18F3NO4. The third-order valence-corrected chi connectivity index (χ3v) is 4.24. The Labute approximate surface area is 158 Å². The van der Waals surface area contributed by atoms with E-state index in [0.717, 1.165) is 22.4 Å². The number of halogens is 3. The monoisotopic (exact) mass is 393 g/mol. The van der Waals surface area contributed by atoms with Crippen LogP contribution < -0.4 is 5.56 Å². The zero-order valence-corrected chi connectivity index (χ0v) is 15.1. The molecule has 0 aliphatic heterocycles. The number of aromatic nitrogens is 1. The second-order valence-electron chi connectivity index (χ2n) is 6.26. The number of hydrogen-bond acceptors (Lipinski definition) is 4. The lowest BCUT2D eigenvalue weighted by molar-refractivity contribution is -0.143. The Balaban J connectivity index is 1.78. The van der Waals surface area contributed by atoms with Crippen molar-refractivity contribution in [2.75, 3.05) is 6.61 Å². The number of ether oxygens (including phenoxy) is 1. The van der Waals surface area contributed by atoms with Crippen molar-refractivity contribution in [3.8, 4) is 0 Å². The molecule has 0 bridgehead atoms. The Kier molecular flexibility index (Phi) is 5.58. The van der Waals surface area contributed by atoms with Crippen LogP contribution in [0.5, 0.6) is 0 Å². The standard InChI is InChI=1S/C20H18F3NO4/c1-2-27-18(25)10-6-13-5-9-17-16(11-13)19(26)24(28-17)12-14-3-7-15(8-4-14)20(21,22)23/h3-5,7-9,11H,2,6,10,12H2,1H3. The Morgan fingerprint density at radius 2 is 1.79 bits per heavy atom. The molecule has 0 aliphatic rings. The third-order valence-electron chi connectivity index (χ3n) is 4.24. The minimum atomic E-state index is -4.41. The maximum absolute atomic E-state index is 12.6. The van der Waals surface area contributed by atoms with E-state index in [9.17, 15) is 22.8 Å². The highest BCUT2D eigenvalue weighted by Gasteiger charge is 2.29. The molecule has 0 amide bonds. The number of carbonyl (C=O) groups is 1. The van der Waals surface area contributed by atoms with Crippen LogP contribution in [-0.4, -0.2) is 17.3 Å². The Hall–Kier alpha value is -3.03. The Bertz CT molecular complexity index is 1030. The molecular weight excluding hydrogens is 375 g/mol. The van der Waals surface area contributed by atoms with Gasteiger partial charge < -0.3 is 9.26 Å². The number of benzene rings is 2. The molecule has 1 aromatic heterocycles. The summed E-state index contributed by atoms with van der Waals surface area (Å²) in [6, 6.07) is 9.62. The lowest BCUT2D eigenvalue weighted by Gasteiger charge is -2.07. The van der Waals surface area contributed by atoms with Gasteiger partial charge in [-0.2, -0.15) is 17.9 Å². The summed E-state index contributed by atoms with van der Waals surface area (Å²) in [7, 11) is 0. The number of aryl methyl sites for hydroxylation is 1. The summed E-state index contributed by atoms with van der Waals surface area (Å²) in [4.78, 5) is 24.0. The van der Waals surface area contributed by atoms with Crippen LogP contribution >= 0.6 is 0 Å². The van der Waals surface area contributed by atoms with Crippen LogP contribution in [0.15, 0.2) is 51.8 Å². The SMILES string of the molecule is CCOC(=O)CCc1ccc2on(Cc3ccc(C(F)(F)F)cc3)c(=O)c2c1. The van der Waals surface area contributed by atoms with Gasteiger partial charge in [-0.25, -0.2) is 0 Å². The Morgan fingerprint density at radius 3 is 2.43 bits per heavy atom. The van der Waals surface area contributed by atoms with E-state index in [1.54, 1.807) is 25.1 Å². The van der Waals surface area contributed by atoms with Crippen molar-refractivity contribution in [2.45, 2.75) is 32.5 Å². The topological polar surface area (TPSA) is 61.4 Å². The lowest BCUT2D eigenvalue weighted by atomic mass is 10.1. The van der Waals surface area contributed by atoms with Crippen LogP contribution in [-0.2, 0) is 28.7 Å². The second kappa shape index (κ2) is 7.92. The van der Waals surface area contributed by atoms with E-state index in [2.05, 4.69) is 0 Å². The molecule has 0 saturated heterocycles. The van der Waals surface area contributed by atoms with Crippen LogP contribution in [0.25, 0.3) is 11.0 Å². The van der Waals surface area contributed by atoms with E-state index >= 15 is 0 Å². The van der Waals surface area contributed by atoms with Crippen LogP contribution in [0.4, 0.5) is 13.2 Å². The third kappa shape index (κ3) is 4.44. The van der Waals surface area contributed by atoms with Crippen LogP contribution in [0, 0.1) is 0 Å². The maximum atomic E-state index is 12.6. The molecule has 0 radical (unpaired) electrons. The van der Waals surface area contributed by atoms with Gasteiger partial charge in [-0.3, -0.25) is 9.59 Å². The van der Waals surface area contributed by atoms with E-state index < -0.39 is 11.7 Å². The molecule has 0 fully saturated rings. The van der Waals surface area contributed by atoms with Crippen molar-refractivity contribution in [3.05, 3.63) is 69.5 Å². The second-order valence-corrected chi connectivity index (χ2v) is 6.26. The summed E-state index contributed by atoms with van der Waals surface area (Å²) in [5.74, 6) is -0.311. The number of fused-ring (bicyclic) bond motifs is 1. The van der Waals surface area contributed by atoms with Gasteiger partial charge in [0.05, 0.1) is 24.1 Å². The summed E-state index contributed by atoms with van der Waals surface area (Å²) in [6.07, 6.45) is -3.77. The molecule has 3 aromatic rings. The largest absolute Gasteiger partial charge is 0.466 e. The van der Waals surface area contributed by atoms with E-state index in [4.69, 9.17) is 9.26 Å². The highest BCUT2D eigenvalue weighted by Crippen LogP contribution is 2.29. The Morgan fingerprint density at radius 1 is 1.11 bits per heavy atom. The lowest BCUT2D eigenvalue weighted by Crippen LogP contribution is -2.15. The van der Waals surface area contributed by atoms with E-state index in [-0.39, 0.29) is 24.5 Å². The van der Waals surface area contributed by atoms with Crippen molar-refractivity contribution in [3.63, 3.8) is 0 Å². The molecule has 0 spiro atoms. The van der Waals surface area contributed by atoms with Gasteiger partial charge in [0, 0.05) is 6.42 Å². The minimum Gasteiger partial charge on any atom is -0.466 e. The highest BCUT2D eigenvalue weighted by atomic mass is 19.4. The molecule has 0 saturated carbocycles. The molecule has 5 nitrogen and oxygen atoms in total. The highest BCUT2D eigenvalue weighted by molar-refractivity contribution is 5.77. The summed E-state index contributed by atoms with van der Waals surface area (Å²) in [5.41, 5.74) is 0.543. The molecule has 0 N–H and O–H groups in total. The number of hydrogen-bond donors (Lipinski definition) is 0. The molecule has 0 unspecified atom stereocenters. The molecule has 3 rings (SSSR count). The van der Waals surface area contributed by atoms with Crippen LogP contribution in [0.3, 0.4) is 0 Å². The summed E-state index contributed by atoms with van der Waals surface area (Å²) < 4.78 is 49.4. The van der Waals surface area contributed by atoms with E-state index in [1.807, 2.05) is 0 Å². The number of esters is 1. The molecule has 8 heteroatoms. The van der Waals surface area contributed by atoms with Gasteiger partial charge in [-0.1, -0.05) is 18.2 Å². The van der Waals surface area contributed by atoms with Gasteiger partial charge >= 0.3 is 12.1 Å². The van der Waals surface area contributed by atoms with Crippen molar-refractivity contribution in [1.82, 2.24) is 4.74 Å². The molecule has 0 atom stereocenters. The summed E-state index contributed by atoms with van der Waals surface area (Å²) in [5, 5.41) is 0.355. The number of carbonyl (C=O) groups excluding carboxylic acids is 1. The maximum Gasteiger partial charge on any atom is 0.416 e. The summed E-state index contributed by atoms with van der Waals surface area (Å²) >= 11 is 0. The van der Waals surface area contributed by atoms with Crippen LogP contribution in [0.1, 0.15) is 30.0 Å². The smallest absolute Gasteiger partial charge is 0.416 e. The van der Waals surface area contributed by atoms with Crippen molar-refractivity contribution in [1.29, 1.82) is 0 Å². The van der Waals surface area contributed by atoms with Gasteiger partial charge in [-0.15, -0.1) is 0 Å². The molecule has 1 heterocycles. The molecule has 148 valence electrons. The van der Waals surface area contributed by atoms with Crippen LogP contribution in [0.2, 0.25) is 0 Å². The molecule has 28 heavy (non-hydrogen) atoms. The van der Waals surface area contributed by atoms with Gasteiger partial charge in [-0.05, 0) is 48.7 Å². The van der Waals surface area contributed by atoms with Gasteiger partial charge in [0.1, 0.15) is 0 Å². The average molecular weight is 393 g/mol. The van der Waals surface area contributed by atoms with Gasteiger partial charge in [0.15, 0.2) is 5.58 Å². The normalized spacial score (nSPS) is 11.7. The average Bonchev–Trinajstić information content (AvgIpc) is 2.95. The first-order valence-electron chi connectivity index (χ1n) is 8.72. The van der Waals surface area contributed by atoms with Gasteiger partial charge in [0.2, 0.25) is 0 Å². The van der Waals surface area contributed by atoms with E-state index in [1.165, 1.54) is 12.1 Å². The number of alkyl halides is 3. The zero-order chi connectivity index (χ0) is 20.3. The van der Waals surface area contributed by atoms with Gasteiger partial charge in [0.25, 0.3) is 5.56 Å². The number of nitrogens with zero attached hydrogens (tertiary/aromatic N) is 1. The van der Waals surface area contributed by atoms with Crippen molar-refractivity contribution in [2.24, 2.45) is 0 Å². The quantitative estimate of drug-likeness (QED) is 0.590. The fraction of sp³-hybridized carbons (Fsp3) is 0.300. The fourth-order valence-corrected chi connectivity index (χ4v) is 2.82. The predicted octanol–water partition coefficient (Wildman–Crippen LogP) is 4.16. The first-order chi connectivity index (χ1) is 13.3. The minimum absolute atomic E-state index is 0.0177. The van der Waals surface area contributed by atoms with Crippen molar-refractivity contribution >= 4 is 16.9 Å². The summed E-state index contributed by atoms with van der Waals surface area (Å²) in [6.45, 7) is 2.06. The molecule has 0 aliphatic carbocycles. The predicted molar refractivity (Wildman–Crippen MR) is 96.0 cm³/mol. The fourth-order valence-electron chi connectivity index (χ4n) is 2.82. The zero-order valence-electron chi connectivity index (χ0n) is 15.1. The van der Waals surface area contributed by atoms with E-state index in [0.29, 0.717) is 29.6 Å². The number of rotatable bonds is 6.